The number of carbonyl (C=O) groups is 1. The summed E-state index contributed by atoms with van der Waals surface area (Å²) in [6.07, 6.45) is 4.04. The third kappa shape index (κ3) is 1.68. The third-order valence-corrected chi connectivity index (χ3v) is 2.37. The van der Waals surface area contributed by atoms with Gasteiger partial charge in [-0.1, -0.05) is 5.16 Å². The molecule has 0 spiro atoms. The Bertz CT molecular complexity index is 471. The average Bonchev–Trinajstić information content (AvgIpc) is 2.78. The minimum absolute atomic E-state index is 0.573. The fourth-order valence-corrected chi connectivity index (χ4v) is 1.51. The fourth-order valence-electron chi connectivity index (χ4n) is 1.51. The predicted molar refractivity (Wildman–Crippen MR) is 52.7 cm³/mol. The lowest BCUT2D eigenvalue weighted by Gasteiger charge is -2.00. The van der Waals surface area contributed by atoms with Crippen LogP contribution in [0.25, 0.3) is 0 Å². The maximum absolute atomic E-state index is 10.8. The first-order valence-corrected chi connectivity index (χ1v) is 4.60. The summed E-state index contributed by atoms with van der Waals surface area (Å²) < 4.78 is 6.50. The highest BCUT2D eigenvalue weighted by Gasteiger charge is 2.10. The predicted octanol–water partition coefficient (Wildman–Crippen LogP) is 1.35. The van der Waals surface area contributed by atoms with E-state index in [1.807, 2.05) is 13.8 Å². The summed E-state index contributed by atoms with van der Waals surface area (Å²) in [6, 6.07) is 0. The van der Waals surface area contributed by atoms with Gasteiger partial charge in [0.15, 0.2) is 6.29 Å². The number of nitrogens with zero attached hydrogens (tertiary/aromatic N) is 3. The van der Waals surface area contributed by atoms with E-state index in [1.165, 1.54) is 0 Å². The smallest absolute Gasteiger partial charge is 0.153 e. The lowest BCUT2D eigenvalue weighted by atomic mass is 10.2. The molecule has 0 saturated heterocycles. The molecule has 0 radical (unpaired) electrons. The van der Waals surface area contributed by atoms with Crippen molar-refractivity contribution in [1.29, 1.82) is 0 Å². The van der Waals surface area contributed by atoms with Crippen molar-refractivity contribution in [3.8, 4) is 0 Å². The number of aromatic nitrogens is 3. The van der Waals surface area contributed by atoms with Gasteiger partial charge in [-0.25, -0.2) is 0 Å². The van der Waals surface area contributed by atoms with Crippen molar-refractivity contribution in [2.75, 3.05) is 0 Å². The molecule has 5 heteroatoms. The SMILES string of the molecule is Cc1nn(Cc2cnoc2)c(C)c1C=O. The van der Waals surface area contributed by atoms with Crippen LogP contribution in [0.3, 0.4) is 0 Å². The van der Waals surface area contributed by atoms with Gasteiger partial charge in [0.2, 0.25) is 0 Å². The largest absolute Gasteiger partial charge is 0.364 e. The molecule has 0 fully saturated rings. The molecule has 0 aliphatic carbocycles. The number of carbonyl (C=O) groups excluding carboxylic acids is 1. The number of aryl methyl sites for hydroxylation is 1. The number of aldehydes is 1. The van der Waals surface area contributed by atoms with E-state index in [2.05, 4.69) is 10.3 Å². The van der Waals surface area contributed by atoms with Crippen molar-refractivity contribution < 1.29 is 9.32 Å². The van der Waals surface area contributed by atoms with Crippen LogP contribution in [0.2, 0.25) is 0 Å². The zero-order valence-electron chi connectivity index (χ0n) is 8.60. The highest BCUT2D eigenvalue weighted by atomic mass is 16.5. The van der Waals surface area contributed by atoms with E-state index in [9.17, 15) is 4.79 Å². The Hall–Kier alpha value is -1.91. The molecule has 0 bridgehead atoms. The fraction of sp³-hybridized carbons (Fsp3) is 0.300. The molecule has 15 heavy (non-hydrogen) atoms. The van der Waals surface area contributed by atoms with Crippen LogP contribution in [0, 0.1) is 13.8 Å². The van der Waals surface area contributed by atoms with Crippen LogP contribution in [0.5, 0.6) is 0 Å². The van der Waals surface area contributed by atoms with Gasteiger partial charge in [-0.05, 0) is 13.8 Å². The molecule has 2 heterocycles. The maximum atomic E-state index is 10.8. The van der Waals surface area contributed by atoms with Crippen LogP contribution in [0.15, 0.2) is 17.0 Å². The number of hydrogen-bond donors (Lipinski definition) is 0. The molecule has 0 saturated carbocycles. The average molecular weight is 205 g/mol. The highest BCUT2D eigenvalue weighted by Crippen LogP contribution is 2.12. The monoisotopic (exact) mass is 205 g/mol. The summed E-state index contributed by atoms with van der Waals surface area (Å²) in [6.45, 7) is 4.27. The molecule has 2 aromatic rings. The quantitative estimate of drug-likeness (QED) is 0.709. The van der Waals surface area contributed by atoms with E-state index in [-0.39, 0.29) is 0 Å². The topological polar surface area (TPSA) is 60.9 Å². The second-order valence-electron chi connectivity index (χ2n) is 3.39. The van der Waals surface area contributed by atoms with Gasteiger partial charge in [0.1, 0.15) is 6.26 Å². The van der Waals surface area contributed by atoms with Crippen molar-refractivity contribution in [2.45, 2.75) is 20.4 Å². The molecule has 5 nitrogen and oxygen atoms in total. The second kappa shape index (κ2) is 3.68. The van der Waals surface area contributed by atoms with Crippen LogP contribution in [-0.2, 0) is 6.54 Å². The molecule has 2 aromatic heterocycles. The lowest BCUT2D eigenvalue weighted by molar-refractivity contribution is 0.112. The Balaban J connectivity index is 2.33. The van der Waals surface area contributed by atoms with Crippen molar-refractivity contribution in [1.82, 2.24) is 14.9 Å². The van der Waals surface area contributed by atoms with Crippen molar-refractivity contribution in [3.05, 3.63) is 35.0 Å². The van der Waals surface area contributed by atoms with Gasteiger partial charge in [-0.3, -0.25) is 9.48 Å². The summed E-state index contributed by atoms with van der Waals surface area (Å²) in [5, 5.41) is 7.88. The first kappa shape index (κ1) is 9.64. The summed E-state index contributed by atoms with van der Waals surface area (Å²) in [7, 11) is 0. The van der Waals surface area contributed by atoms with Gasteiger partial charge >= 0.3 is 0 Å². The van der Waals surface area contributed by atoms with E-state index < -0.39 is 0 Å². The van der Waals surface area contributed by atoms with E-state index in [1.54, 1.807) is 17.1 Å². The normalized spacial score (nSPS) is 10.5. The minimum Gasteiger partial charge on any atom is -0.364 e. The lowest BCUT2D eigenvalue weighted by Crippen LogP contribution is -2.03. The van der Waals surface area contributed by atoms with Crippen LogP contribution < -0.4 is 0 Å². The molecule has 78 valence electrons. The third-order valence-electron chi connectivity index (χ3n) is 2.37. The van der Waals surface area contributed by atoms with Crippen LogP contribution >= 0.6 is 0 Å². The highest BCUT2D eigenvalue weighted by molar-refractivity contribution is 5.78. The van der Waals surface area contributed by atoms with Gasteiger partial charge in [-0.2, -0.15) is 5.10 Å². The van der Waals surface area contributed by atoms with Crippen molar-refractivity contribution in [3.63, 3.8) is 0 Å². The first-order chi connectivity index (χ1) is 7.22. The molecular formula is C10H11N3O2. The van der Waals surface area contributed by atoms with Gasteiger partial charge in [-0.15, -0.1) is 0 Å². The summed E-state index contributed by atoms with van der Waals surface area (Å²) in [5.41, 5.74) is 3.20. The van der Waals surface area contributed by atoms with Crippen LogP contribution in [0.1, 0.15) is 27.3 Å². The summed E-state index contributed by atoms with van der Waals surface area (Å²) in [4.78, 5) is 10.8. The standard InChI is InChI=1S/C10H11N3O2/c1-7-10(5-14)8(2)13(12-7)4-9-3-11-15-6-9/h3,5-6H,4H2,1-2H3. The molecule has 0 unspecified atom stereocenters. The number of hydrogen-bond acceptors (Lipinski definition) is 4. The van der Waals surface area contributed by atoms with Gasteiger partial charge in [0.25, 0.3) is 0 Å². The number of rotatable bonds is 3. The van der Waals surface area contributed by atoms with Gasteiger partial charge in [0, 0.05) is 11.3 Å². The van der Waals surface area contributed by atoms with Crippen molar-refractivity contribution in [2.24, 2.45) is 0 Å². The van der Waals surface area contributed by atoms with Gasteiger partial charge < -0.3 is 4.52 Å². The summed E-state index contributed by atoms with van der Waals surface area (Å²) >= 11 is 0. The van der Waals surface area contributed by atoms with E-state index in [0.29, 0.717) is 12.1 Å². The molecule has 0 aliphatic rings. The van der Waals surface area contributed by atoms with E-state index in [0.717, 1.165) is 23.2 Å². The molecule has 0 amide bonds. The Morgan fingerprint density at radius 3 is 2.87 bits per heavy atom. The zero-order chi connectivity index (χ0) is 10.8. The Labute approximate surface area is 86.7 Å². The maximum Gasteiger partial charge on any atom is 0.153 e. The second-order valence-corrected chi connectivity index (χ2v) is 3.39. The first-order valence-electron chi connectivity index (χ1n) is 4.60. The van der Waals surface area contributed by atoms with Crippen LogP contribution in [0.4, 0.5) is 0 Å². The summed E-state index contributed by atoms with van der Waals surface area (Å²) in [5.74, 6) is 0. The minimum atomic E-state index is 0.573. The molecular weight excluding hydrogens is 194 g/mol. The molecule has 0 N–H and O–H groups in total. The van der Waals surface area contributed by atoms with Crippen molar-refractivity contribution >= 4 is 6.29 Å². The Morgan fingerprint density at radius 1 is 1.53 bits per heavy atom. The molecule has 0 aliphatic heterocycles. The Kier molecular flexibility index (Phi) is 2.37. The van der Waals surface area contributed by atoms with E-state index in [4.69, 9.17) is 4.52 Å². The Morgan fingerprint density at radius 2 is 2.33 bits per heavy atom. The van der Waals surface area contributed by atoms with E-state index >= 15 is 0 Å². The van der Waals surface area contributed by atoms with Gasteiger partial charge in [0.05, 0.1) is 24.0 Å². The molecule has 2 rings (SSSR count). The zero-order valence-corrected chi connectivity index (χ0v) is 8.60. The molecule has 0 aromatic carbocycles. The van der Waals surface area contributed by atoms with Crippen LogP contribution in [-0.4, -0.2) is 21.2 Å². The molecule has 0 atom stereocenters.